The summed E-state index contributed by atoms with van der Waals surface area (Å²) < 4.78 is 0. The highest BCUT2D eigenvalue weighted by atomic mass is 16.3. The Morgan fingerprint density at radius 3 is 2.54 bits per heavy atom. The van der Waals surface area contributed by atoms with Gasteiger partial charge in [-0.25, -0.2) is 0 Å². The van der Waals surface area contributed by atoms with Crippen molar-refractivity contribution in [3.8, 4) is 0 Å². The van der Waals surface area contributed by atoms with E-state index >= 15 is 0 Å². The normalized spacial score (nSPS) is 23.3. The van der Waals surface area contributed by atoms with Crippen LogP contribution in [0.25, 0.3) is 0 Å². The van der Waals surface area contributed by atoms with Crippen molar-refractivity contribution in [2.75, 3.05) is 19.6 Å². The number of rotatable bonds is 4. The van der Waals surface area contributed by atoms with Crippen molar-refractivity contribution >= 4 is 0 Å². The molecule has 0 aromatic rings. The summed E-state index contributed by atoms with van der Waals surface area (Å²) in [6.45, 7) is 5.07. The molecule has 1 unspecified atom stereocenters. The van der Waals surface area contributed by atoms with Gasteiger partial charge in [-0.15, -0.1) is 0 Å². The number of likely N-dealkylation sites (tertiary alicyclic amines) is 1. The Kier molecular flexibility index (Phi) is 4.70. The molecule has 1 aliphatic rings. The molecule has 0 amide bonds. The van der Waals surface area contributed by atoms with Crippen molar-refractivity contribution in [2.24, 2.45) is 5.73 Å². The molecule has 3 heteroatoms. The van der Waals surface area contributed by atoms with Crippen molar-refractivity contribution in [1.29, 1.82) is 0 Å². The molecule has 0 aromatic heterocycles. The molecule has 1 heterocycles. The van der Waals surface area contributed by atoms with Crippen LogP contribution in [0.5, 0.6) is 0 Å². The first-order valence-electron chi connectivity index (χ1n) is 5.40. The van der Waals surface area contributed by atoms with Crippen molar-refractivity contribution in [2.45, 2.75) is 44.8 Å². The lowest BCUT2D eigenvalue weighted by Gasteiger charge is -2.35. The van der Waals surface area contributed by atoms with Crippen LogP contribution in [0.15, 0.2) is 0 Å². The summed E-state index contributed by atoms with van der Waals surface area (Å²) in [5.41, 5.74) is 5.56. The Hall–Kier alpha value is -0.120. The zero-order chi connectivity index (χ0) is 9.68. The van der Waals surface area contributed by atoms with Gasteiger partial charge in [0.2, 0.25) is 0 Å². The Bertz CT molecular complexity index is 133. The van der Waals surface area contributed by atoms with Gasteiger partial charge in [0.1, 0.15) is 0 Å². The van der Waals surface area contributed by atoms with Crippen LogP contribution >= 0.6 is 0 Å². The second-order valence-electron chi connectivity index (χ2n) is 3.91. The van der Waals surface area contributed by atoms with Gasteiger partial charge in [-0.05, 0) is 32.2 Å². The van der Waals surface area contributed by atoms with E-state index in [-0.39, 0.29) is 6.10 Å². The highest BCUT2D eigenvalue weighted by Crippen LogP contribution is 2.16. The lowest BCUT2D eigenvalue weighted by Crippen LogP contribution is -2.43. The predicted molar refractivity (Wildman–Crippen MR) is 54.6 cm³/mol. The molecule has 0 spiro atoms. The topological polar surface area (TPSA) is 49.5 Å². The molecule has 1 aliphatic heterocycles. The molecule has 0 saturated carbocycles. The van der Waals surface area contributed by atoms with Gasteiger partial charge < -0.3 is 15.7 Å². The third-order valence-electron chi connectivity index (χ3n) is 2.99. The highest BCUT2D eigenvalue weighted by Gasteiger charge is 2.21. The van der Waals surface area contributed by atoms with Crippen LogP contribution in [0.4, 0.5) is 0 Å². The highest BCUT2D eigenvalue weighted by molar-refractivity contribution is 4.77. The molecule has 78 valence electrons. The first-order valence-corrected chi connectivity index (χ1v) is 5.40. The summed E-state index contributed by atoms with van der Waals surface area (Å²) in [6.07, 6.45) is 4.06. The second kappa shape index (κ2) is 5.58. The fourth-order valence-corrected chi connectivity index (χ4v) is 2.09. The average Bonchev–Trinajstić information content (AvgIpc) is 2.16. The summed E-state index contributed by atoms with van der Waals surface area (Å²) in [6, 6.07) is 0.637. The van der Waals surface area contributed by atoms with Gasteiger partial charge in [0, 0.05) is 19.1 Å². The molecule has 13 heavy (non-hydrogen) atoms. The molecule has 1 saturated heterocycles. The number of aliphatic hydroxyl groups is 1. The fraction of sp³-hybridized carbons (Fsp3) is 1.00. The van der Waals surface area contributed by atoms with E-state index < -0.39 is 0 Å². The van der Waals surface area contributed by atoms with Gasteiger partial charge >= 0.3 is 0 Å². The summed E-state index contributed by atoms with van der Waals surface area (Å²) in [7, 11) is 0. The minimum Gasteiger partial charge on any atom is -0.393 e. The number of nitrogens with zero attached hydrogens (tertiary/aromatic N) is 1. The van der Waals surface area contributed by atoms with Crippen LogP contribution < -0.4 is 5.73 Å². The van der Waals surface area contributed by atoms with E-state index in [9.17, 15) is 5.11 Å². The summed E-state index contributed by atoms with van der Waals surface area (Å²) in [5.74, 6) is 0. The first-order chi connectivity index (χ1) is 6.27. The van der Waals surface area contributed by atoms with E-state index in [0.29, 0.717) is 6.04 Å². The molecule has 0 aliphatic carbocycles. The molecule has 1 atom stereocenters. The number of aliphatic hydroxyl groups excluding tert-OH is 1. The summed E-state index contributed by atoms with van der Waals surface area (Å²) in [4.78, 5) is 2.47. The Morgan fingerprint density at radius 2 is 2.08 bits per heavy atom. The molecular formula is C10H22N2O. The largest absolute Gasteiger partial charge is 0.393 e. The Labute approximate surface area is 80.9 Å². The van der Waals surface area contributed by atoms with E-state index in [4.69, 9.17) is 5.73 Å². The lowest BCUT2D eigenvalue weighted by atomic mass is 10.0. The molecule has 0 aromatic carbocycles. The zero-order valence-corrected chi connectivity index (χ0v) is 8.58. The van der Waals surface area contributed by atoms with Crippen LogP contribution in [0.3, 0.4) is 0 Å². The zero-order valence-electron chi connectivity index (χ0n) is 8.58. The predicted octanol–water partition coefficient (Wildman–Crippen LogP) is 0.571. The maximum absolute atomic E-state index is 9.36. The maximum Gasteiger partial charge on any atom is 0.0564 e. The third kappa shape index (κ3) is 3.25. The molecule has 0 radical (unpaired) electrons. The van der Waals surface area contributed by atoms with Gasteiger partial charge in [-0.3, -0.25) is 0 Å². The average molecular weight is 186 g/mol. The standard InChI is InChI=1S/C10H22N2O/c1-2-9(3-6-11)12-7-4-10(13)5-8-12/h9-10,13H,2-8,11H2,1H3. The second-order valence-corrected chi connectivity index (χ2v) is 3.91. The smallest absolute Gasteiger partial charge is 0.0564 e. The van der Waals surface area contributed by atoms with Gasteiger partial charge in [0.25, 0.3) is 0 Å². The van der Waals surface area contributed by atoms with Crippen molar-refractivity contribution in [3.05, 3.63) is 0 Å². The Balaban J connectivity index is 2.32. The van der Waals surface area contributed by atoms with Gasteiger partial charge in [0.05, 0.1) is 6.10 Å². The SMILES string of the molecule is CCC(CCN)N1CCC(O)CC1. The maximum atomic E-state index is 9.36. The lowest BCUT2D eigenvalue weighted by molar-refractivity contribution is 0.0579. The van der Waals surface area contributed by atoms with E-state index in [1.807, 2.05) is 0 Å². The van der Waals surface area contributed by atoms with Crippen LogP contribution in [0, 0.1) is 0 Å². The minimum absolute atomic E-state index is 0.0633. The molecule has 1 rings (SSSR count). The number of hydrogen-bond acceptors (Lipinski definition) is 3. The minimum atomic E-state index is -0.0633. The van der Waals surface area contributed by atoms with Crippen LogP contribution in [0.2, 0.25) is 0 Å². The third-order valence-corrected chi connectivity index (χ3v) is 2.99. The molecule has 1 fully saturated rings. The molecule has 0 bridgehead atoms. The van der Waals surface area contributed by atoms with E-state index in [1.54, 1.807) is 0 Å². The van der Waals surface area contributed by atoms with Gasteiger partial charge in [-0.1, -0.05) is 6.92 Å². The number of hydrogen-bond donors (Lipinski definition) is 2. The van der Waals surface area contributed by atoms with Crippen molar-refractivity contribution in [3.63, 3.8) is 0 Å². The molecule has 3 nitrogen and oxygen atoms in total. The summed E-state index contributed by atoms with van der Waals surface area (Å²) in [5, 5.41) is 9.36. The van der Waals surface area contributed by atoms with E-state index in [1.165, 1.54) is 6.42 Å². The first kappa shape index (κ1) is 11.0. The molecular weight excluding hydrogens is 164 g/mol. The van der Waals surface area contributed by atoms with Crippen molar-refractivity contribution in [1.82, 2.24) is 4.90 Å². The van der Waals surface area contributed by atoms with Crippen LogP contribution in [0.1, 0.15) is 32.6 Å². The van der Waals surface area contributed by atoms with E-state index in [2.05, 4.69) is 11.8 Å². The monoisotopic (exact) mass is 186 g/mol. The van der Waals surface area contributed by atoms with Gasteiger partial charge in [0.15, 0.2) is 0 Å². The fourth-order valence-electron chi connectivity index (χ4n) is 2.09. The van der Waals surface area contributed by atoms with Crippen LogP contribution in [-0.4, -0.2) is 41.8 Å². The van der Waals surface area contributed by atoms with E-state index in [0.717, 1.165) is 38.9 Å². The van der Waals surface area contributed by atoms with Crippen molar-refractivity contribution < 1.29 is 5.11 Å². The quantitative estimate of drug-likeness (QED) is 0.675. The summed E-state index contributed by atoms with van der Waals surface area (Å²) >= 11 is 0. The number of piperidine rings is 1. The number of nitrogens with two attached hydrogens (primary N) is 1. The van der Waals surface area contributed by atoms with Gasteiger partial charge in [-0.2, -0.15) is 0 Å². The molecule has 3 N–H and O–H groups in total. The van der Waals surface area contributed by atoms with Crippen LogP contribution in [-0.2, 0) is 0 Å². The Morgan fingerprint density at radius 1 is 1.46 bits per heavy atom.